The number of urea groups is 1. The molecule has 2 heterocycles. The predicted octanol–water partition coefficient (Wildman–Crippen LogP) is 4.28. The van der Waals surface area contributed by atoms with Gasteiger partial charge in [0.05, 0.1) is 12.3 Å². The fourth-order valence-corrected chi connectivity index (χ4v) is 3.55. The number of hydrogen-bond donors (Lipinski definition) is 1. The SMILES string of the molecule is O=C1NC(=NC2CCCCC2)C(c2ccco2)N1c1ccccc1. The van der Waals surface area contributed by atoms with E-state index in [1.54, 1.807) is 11.2 Å². The summed E-state index contributed by atoms with van der Waals surface area (Å²) in [5.74, 6) is 1.43. The number of nitrogens with zero attached hydrogens (tertiary/aromatic N) is 2. The van der Waals surface area contributed by atoms with Crippen molar-refractivity contribution in [1.29, 1.82) is 0 Å². The number of carbonyl (C=O) groups excluding carboxylic acids is 1. The standard InChI is InChI=1S/C19H21N3O2/c23-19-21-18(20-14-8-3-1-4-9-14)17(16-12-7-13-24-16)22(19)15-10-5-2-6-11-15/h2,5-7,10-14,17H,1,3-4,8-9H2,(H,20,21,23). The smallest absolute Gasteiger partial charge is 0.328 e. The van der Waals surface area contributed by atoms with Gasteiger partial charge in [-0.05, 0) is 37.1 Å². The number of amidine groups is 1. The van der Waals surface area contributed by atoms with Crippen molar-refractivity contribution in [2.24, 2.45) is 4.99 Å². The topological polar surface area (TPSA) is 57.8 Å². The van der Waals surface area contributed by atoms with Crippen LogP contribution >= 0.6 is 0 Å². The van der Waals surface area contributed by atoms with Crippen LogP contribution in [-0.4, -0.2) is 17.9 Å². The van der Waals surface area contributed by atoms with Gasteiger partial charge in [-0.25, -0.2) is 4.79 Å². The molecule has 1 aliphatic heterocycles. The maximum absolute atomic E-state index is 12.6. The molecule has 1 atom stereocenters. The minimum atomic E-state index is -0.322. The van der Waals surface area contributed by atoms with Crippen LogP contribution in [0, 0.1) is 0 Å². The van der Waals surface area contributed by atoms with Crippen LogP contribution in [-0.2, 0) is 0 Å². The molecular formula is C19H21N3O2. The number of furan rings is 1. The zero-order valence-corrected chi connectivity index (χ0v) is 13.5. The summed E-state index contributed by atoms with van der Waals surface area (Å²) < 4.78 is 5.62. The van der Waals surface area contributed by atoms with Crippen molar-refractivity contribution in [2.45, 2.75) is 44.2 Å². The Balaban J connectivity index is 1.72. The van der Waals surface area contributed by atoms with Crippen LogP contribution in [0.3, 0.4) is 0 Å². The normalized spacial score (nSPS) is 23.7. The van der Waals surface area contributed by atoms with Gasteiger partial charge in [-0.2, -0.15) is 0 Å². The van der Waals surface area contributed by atoms with Gasteiger partial charge in [-0.15, -0.1) is 0 Å². The average Bonchev–Trinajstić information content (AvgIpc) is 3.24. The van der Waals surface area contributed by atoms with Gasteiger partial charge < -0.3 is 4.42 Å². The molecule has 0 radical (unpaired) electrons. The van der Waals surface area contributed by atoms with Crippen molar-refractivity contribution >= 4 is 17.6 Å². The van der Waals surface area contributed by atoms with Crippen molar-refractivity contribution in [3.05, 3.63) is 54.5 Å². The first kappa shape index (κ1) is 15.0. The molecule has 2 fully saturated rings. The zero-order chi connectivity index (χ0) is 16.4. The van der Waals surface area contributed by atoms with Gasteiger partial charge in [0.25, 0.3) is 0 Å². The first-order valence-corrected chi connectivity index (χ1v) is 8.59. The van der Waals surface area contributed by atoms with Gasteiger partial charge >= 0.3 is 6.03 Å². The van der Waals surface area contributed by atoms with Gasteiger partial charge in [-0.1, -0.05) is 37.5 Å². The number of hydrogen-bond acceptors (Lipinski definition) is 3. The molecule has 1 aromatic heterocycles. The van der Waals surface area contributed by atoms with E-state index in [2.05, 4.69) is 5.32 Å². The van der Waals surface area contributed by atoms with Gasteiger partial charge in [0, 0.05) is 5.69 Å². The van der Waals surface area contributed by atoms with E-state index in [1.807, 2.05) is 42.5 Å². The minimum absolute atomic E-state index is 0.155. The molecule has 2 amide bonds. The summed E-state index contributed by atoms with van der Waals surface area (Å²) in [6, 6.07) is 13.2. The van der Waals surface area contributed by atoms with Crippen LogP contribution in [0.2, 0.25) is 0 Å². The van der Waals surface area contributed by atoms with Crippen LogP contribution in [0.25, 0.3) is 0 Å². The van der Waals surface area contributed by atoms with E-state index in [-0.39, 0.29) is 12.1 Å². The number of anilines is 1. The van der Waals surface area contributed by atoms with Gasteiger partial charge in [0.1, 0.15) is 11.6 Å². The highest BCUT2D eigenvalue weighted by Gasteiger charge is 2.40. The van der Waals surface area contributed by atoms with Crippen molar-refractivity contribution in [3.8, 4) is 0 Å². The molecule has 4 rings (SSSR count). The summed E-state index contributed by atoms with van der Waals surface area (Å²) in [6.07, 6.45) is 7.53. The molecule has 1 unspecified atom stereocenters. The van der Waals surface area contributed by atoms with E-state index in [4.69, 9.17) is 9.41 Å². The Morgan fingerprint density at radius 1 is 1.04 bits per heavy atom. The van der Waals surface area contributed by atoms with E-state index in [9.17, 15) is 4.79 Å². The first-order valence-electron chi connectivity index (χ1n) is 8.59. The van der Waals surface area contributed by atoms with Gasteiger partial charge in [-0.3, -0.25) is 15.2 Å². The number of nitrogens with one attached hydrogen (secondary N) is 1. The highest BCUT2D eigenvalue weighted by Crippen LogP contribution is 2.33. The summed E-state index contributed by atoms with van der Waals surface area (Å²) in [7, 11) is 0. The number of rotatable bonds is 3. The number of benzene rings is 1. The highest BCUT2D eigenvalue weighted by atomic mass is 16.3. The number of aliphatic imine (C=N–C) groups is 1. The Kier molecular flexibility index (Phi) is 4.07. The molecule has 2 aromatic rings. The summed E-state index contributed by atoms with van der Waals surface area (Å²) in [5, 5.41) is 2.97. The van der Waals surface area contributed by atoms with Crippen LogP contribution < -0.4 is 10.2 Å². The van der Waals surface area contributed by atoms with Crippen LogP contribution in [0.5, 0.6) is 0 Å². The highest BCUT2D eigenvalue weighted by molar-refractivity contribution is 6.16. The molecule has 1 saturated carbocycles. The number of amides is 2. The van der Waals surface area contributed by atoms with E-state index in [0.717, 1.165) is 24.3 Å². The zero-order valence-electron chi connectivity index (χ0n) is 13.5. The molecule has 1 aliphatic carbocycles. The first-order chi connectivity index (χ1) is 11.8. The Morgan fingerprint density at radius 3 is 2.54 bits per heavy atom. The van der Waals surface area contributed by atoms with Gasteiger partial charge in [0.2, 0.25) is 0 Å². The fourth-order valence-electron chi connectivity index (χ4n) is 3.55. The average molecular weight is 323 g/mol. The van der Waals surface area contributed by atoms with Crippen molar-refractivity contribution < 1.29 is 9.21 Å². The fraction of sp³-hybridized carbons (Fsp3) is 0.368. The molecular weight excluding hydrogens is 302 g/mol. The largest absolute Gasteiger partial charge is 0.467 e. The summed E-state index contributed by atoms with van der Waals surface area (Å²) in [4.78, 5) is 19.2. The Morgan fingerprint density at radius 2 is 1.83 bits per heavy atom. The quantitative estimate of drug-likeness (QED) is 0.916. The lowest BCUT2D eigenvalue weighted by Gasteiger charge is -2.23. The number of para-hydroxylation sites is 1. The Hall–Kier alpha value is -2.56. The second-order valence-corrected chi connectivity index (χ2v) is 6.36. The molecule has 1 saturated heterocycles. The van der Waals surface area contributed by atoms with Crippen molar-refractivity contribution in [1.82, 2.24) is 5.32 Å². The summed E-state index contributed by atoms with van der Waals surface area (Å²) >= 11 is 0. The third-order valence-corrected chi connectivity index (χ3v) is 4.71. The van der Waals surface area contributed by atoms with E-state index in [0.29, 0.717) is 11.9 Å². The van der Waals surface area contributed by atoms with E-state index >= 15 is 0 Å². The van der Waals surface area contributed by atoms with Crippen molar-refractivity contribution in [3.63, 3.8) is 0 Å². The molecule has 2 aliphatic rings. The second-order valence-electron chi connectivity index (χ2n) is 6.36. The predicted molar refractivity (Wildman–Crippen MR) is 93.2 cm³/mol. The second kappa shape index (κ2) is 6.51. The molecule has 1 aromatic carbocycles. The summed E-state index contributed by atoms with van der Waals surface area (Å²) in [5.41, 5.74) is 0.838. The van der Waals surface area contributed by atoms with E-state index < -0.39 is 0 Å². The lowest BCUT2D eigenvalue weighted by atomic mass is 9.96. The molecule has 1 N–H and O–H groups in total. The summed E-state index contributed by atoms with van der Waals surface area (Å²) in [6.45, 7) is 0. The van der Waals surface area contributed by atoms with Crippen LogP contribution in [0.15, 0.2) is 58.1 Å². The van der Waals surface area contributed by atoms with Gasteiger partial charge in [0.15, 0.2) is 6.04 Å². The third-order valence-electron chi connectivity index (χ3n) is 4.71. The monoisotopic (exact) mass is 323 g/mol. The Bertz CT molecular complexity index is 718. The van der Waals surface area contributed by atoms with E-state index in [1.165, 1.54) is 19.3 Å². The molecule has 5 nitrogen and oxygen atoms in total. The van der Waals surface area contributed by atoms with Crippen molar-refractivity contribution in [2.75, 3.05) is 4.90 Å². The molecule has 0 spiro atoms. The molecule has 0 bridgehead atoms. The molecule has 24 heavy (non-hydrogen) atoms. The maximum atomic E-state index is 12.6. The van der Waals surface area contributed by atoms with Crippen LogP contribution in [0.1, 0.15) is 43.9 Å². The third kappa shape index (κ3) is 2.82. The Labute approximate surface area is 141 Å². The minimum Gasteiger partial charge on any atom is -0.467 e. The number of carbonyl (C=O) groups is 1. The maximum Gasteiger partial charge on any atom is 0.328 e. The molecule has 124 valence electrons. The lowest BCUT2D eigenvalue weighted by molar-refractivity contribution is 0.252. The van der Waals surface area contributed by atoms with Crippen LogP contribution in [0.4, 0.5) is 10.5 Å². The lowest BCUT2D eigenvalue weighted by Crippen LogP contribution is -2.29. The molecule has 5 heteroatoms.